The number of anilines is 1. The summed E-state index contributed by atoms with van der Waals surface area (Å²) < 4.78 is 1.50. The zero-order valence-electron chi connectivity index (χ0n) is 9.91. The lowest BCUT2D eigenvalue weighted by Crippen LogP contribution is -2.05. The standard InChI is InChI=1S/C11H13N5O2/c1-2-12-10-5-3-4-9(13-10)8-15-7-6-11(14-15)16(17)18/h3-7H,2,8H2,1H3,(H,12,13). The van der Waals surface area contributed by atoms with E-state index < -0.39 is 4.92 Å². The van der Waals surface area contributed by atoms with Crippen molar-refractivity contribution in [3.8, 4) is 0 Å². The van der Waals surface area contributed by atoms with Crippen molar-refractivity contribution in [3.05, 3.63) is 46.3 Å². The minimum atomic E-state index is -0.515. The molecule has 0 saturated carbocycles. The summed E-state index contributed by atoms with van der Waals surface area (Å²) in [6.07, 6.45) is 1.57. The van der Waals surface area contributed by atoms with Crippen LogP contribution in [0.1, 0.15) is 12.6 Å². The lowest BCUT2D eigenvalue weighted by atomic mass is 10.3. The SMILES string of the molecule is CCNc1cccc(Cn2ccc([N+](=O)[O-])n2)n1. The Hall–Kier alpha value is -2.44. The second kappa shape index (κ2) is 5.26. The molecule has 2 rings (SSSR count). The van der Waals surface area contributed by atoms with Crippen LogP contribution in [0.4, 0.5) is 11.6 Å². The van der Waals surface area contributed by atoms with Crippen LogP contribution in [0.25, 0.3) is 0 Å². The minimum absolute atomic E-state index is 0.155. The molecule has 2 heterocycles. The van der Waals surface area contributed by atoms with Gasteiger partial charge in [0.2, 0.25) is 0 Å². The van der Waals surface area contributed by atoms with Crippen molar-refractivity contribution in [2.75, 3.05) is 11.9 Å². The molecular weight excluding hydrogens is 234 g/mol. The fraction of sp³-hybridized carbons (Fsp3) is 0.273. The van der Waals surface area contributed by atoms with Crippen LogP contribution in [0.3, 0.4) is 0 Å². The normalized spacial score (nSPS) is 10.3. The molecule has 0 bridgehead atoms. The van der Waals surface area contributed by atoms with Crippen molar-refractivity contribution in [2.45, 2.75) is 13.5 Å². The lowest BCUT2D eigenvalue weighted by molar-refractivity contribution is -0.389. The van der Waals surface area contributed by atoms with Gasteiger partial charge in [0.1, 0.15) is 12.4 Å². The third-order valence-corrected chi connectivity index (χ3v) is 2.30. The number of rotatable bonds is 5. The van der Waals surface area contributed by atoms with E-state index in [2.05, 4.69) is 15.4 Å². The molecule has 7 nitrogen and oxygen atoms in total. The number of hydrogen-bond donors (Lipinski definition) is 1. The van der Waals surface area contributed by atoms with Crippen LogP contribution in [-0.4, -0.2) is 26.2 Å². The third kappa shape index (κ3) is 2.82. The van der Waals surface area contributed by atoms with Crippen LogP contribution in [0.2, 0.25) is 0 Å². The first-order valence-electron chi connectivity index (χ1n) is 5.56. The van der Waals surface area contributed by atoms with Gasteiger partial charge in [0.05, 0.1) is 23.1 Å². The molecule has 18 heavy (non-hydrogen) atoms. The smallest absolute Gasteiger partial charge is 0.370 e. The number of nitro groups is 1. The molecule has 0 spiro atoms. The number of nitrogens with one attached hydrogen (secondary N) is 1. The average molecular weight is 247 g/mol. The Balaban J connectivity index is 2.12. The van der Waals surface area contributed by atoms with Crippen LogP contribution in [0.15, 0.2) is 30.5 Å². The Kier molecular flexibility index (Phi) is 3.52. The van der Waals surface area contributed by atoms with Crippen LogP contribution in [0, 0.1) is 10.1 Å². The summed E-state index contributed by atoms with van der Waals surface area (Å²) in [5.74, 6) is 0.634. The Labute approximate surface area is 104 Å². The molecule has 0 unspecified atom stereocenters. The molecule has 1 N–H and O–H groups in total. The maximum atomic E-state index is 10.5. The van der Waals surface area contributed by atoms with E-state index in [1.54, 1.807) is 6.20 Å². The average Bonchev–Trinajstić information content (AvgIpc) is 2.78. The highest BCUT2D eigenvalue weighted by atomic mass is 16.6. The Morgan fingerprint density at radius 3 is 2.94 bits per heavy atom. The molecule has 2 aromatic heterocycles. The predicted octanol–water partition coefficient (Wildman–Crippen LogP) is 1.67. The van der Waals surface area contributed by atoms with Crippen LogP contribution in [-0.2, 0) is 6.54 Å². The van der Waals surface area contributed by atoms with Crippen molar-refractivity contribution in [1.29, 1.82) is 0 Å². The minimum Gasteiger partial charge on any atom is -0.370 e. The number of nitrogens with zero attached hydrogens (tertiary/aromatic N) is 4. The van der Waals surface area contributed by atoms with Crippen LogP contribution < -0.4 is 5.32 Å². The molecule has 0 aliphatic rings. The number of pyridine rings is 1. The van der Waals surface area contributed by atoms with E-state index in [4.69, 9.17) is 0 Å². The summed E-state index contributed by atoms with van der Waals surface area (Å²) in [4.78, 5) is 14.4. The number of aromatic nitrogens is 3. The van der Waals surface area contributed by atoms with Gasteiger partial charge in [-0.15, -0.1) is 0 Å². The molecule has 94 valence electrons. The van der Waals surface area contributed by atoms with Crippen molar-refractivity contribution in [1.82, 2.24) is 14.8 Å². The summed E-state index contributed by atoms with van der Waals surface area (Å²) >= 11 is 0. The van der Waals surface area contributed by atoms with Gasteiger partial charge < -0.3 is 15.4 Å². The molecular formula is C11H13N5O2. The number of hydrogen-bond acceptors (Lipinski definition) is 5. The van der Waals surface area contributed by atoms with Gasteiger partial charge in [-0.3, -0.25) is 0 Å². The van der Waals surface area contributed by atoms with Crippen molar-refractivity contribution < 1.29 is 4.92 Å². The van der Waals surface area contributed by atoms with Gasteiger partial charge in [0, 0.05) is 6.54 Å². The fourth-order valence-electron chi connectivity index (χ4n) is 1.55. The van der Waals surface area contributed by atoms with E-state index >= 15 is 0 Å². The predicted molar refractivity (Wildman–Crippen MR) is 66.4 cm³/mol. The Bertz CT molecular complexity index is 552. The highest BCUT2D eigenvalue weighted by molar-refractivity contribution is 5.35. The second-order valence-corrected chi connectivity index (χ2v) is 3.67. The maximum absolute atomic E-state index is 10.5. The van der Waals surface area contributed by atoms with Gasteiger partial charge in [-0.2, -0.15) is 4.68 Å². The Morgan fingerprint density at radius 1 is 1.44 bits per heavy atom. The zero-order chi connectivity index (χ0) is 13.0. The molecule has 0 amide bonds. The second-order valence-electron chi connectivity index (χ2n) is 3.67. The fourth-order valence-corrected chi connectivity index (χ4v) is 1.55. The lowest BCUT2D eigenvalue weighted by Gasteiger charge is -2.03. The molecule has 0 aliphatic heterocycles. The zero-order valence-corrected chi connectivity index (χ0v) is 9.91. The van der Waals surface area contributed by atoms with E-state index in [1.165, 1.54) is 10.7 Å². The maximum Gasteiger partial charge on any atom is 0.389 e. The van der Waals surface area contributed by atoms with Crippen molar-refractivity contribution in [3.63, 3.8) is 0 Å². The quantitative estimate of drug-likeness (QED) is 0.641. The highest BCUT2D eigenvalue weighted by Gasteiger charge is 2.11. The van der Waals surface area contributed by atoms with E-state index in [1.807, 2.05) is 25.1 Å². The van der Waals surface area contributed by atoms with Crippen LogP contribution >= 0.6 is 0 Å². The highest BCUT2D eigenvalue weighted by Crippen LogP contribution is 2.09. The van der Waals surface area contributed by atoms with E-state index in [0.29, 0.717) is 6.54 Å². The summed E-state index contributed by atoms with van der Waals surface area (Å²) in [6.45, 7) is 3.20. The topological polar surface area (TPSA) is 85.9 Å². The van der Waals surface area contributed by atoms with E-state index in [0.717, 1.165) is 18.1 Å². The van der Waals surface area contributed by atoms with E-state index in [9.17, 15) is 10.1 Å². The van der Waals surface area contributed by atoms with Gasteiger partial charge in [-0.1, -0.05) is 6.07 Å². The summed E-state index contributed by atoms with van der Waals surface area (Å²) in [6, 6.07) is 6.99. The van der Waals surface area contributed by atoms with Gasteiger partial charge in [-0.05, 0) is 24.0 Å². The largest absolute Gasteiger partial charge is 0.389 e. The first-order valence-corrected chi connectivity index (χ1v) is 5.56. The first-order chi connectivity index (χ1) is 8.69. The van der Waals surface area contributed by atoms with Crippen molar-refractivity contribution in [2.24, 2.45) is 0 Å². The molecule has 0 fully saturated rings. The van der Waals surface area contributed by atoms with Gasteiger partial charge in [-0.25, -0.2) is 4.98 Å². The van der Waals surface area contributed by atoms with Gasteiger partial charge in [0.15, 0.2) is 0 Å². The molecule has 0 atom stereocenters. The Morgan fingerprint density at radius 2 is 2.28 bits per heavy atom. The van der Waals surface area contributed by atoms with Crippen LogP contribution in [0.5, 0.6) is 0 Å². The molecule has 7 heteroatoms. The monoisotopic (exact) mass is 247 g/mol. The molecule has 2 aromatic rings. The molecule has 0 aromatic carbocycles. The summed E-state index contributed by atoms with van der Waals surface area (Å²) in [5, 5.41) is 17.5. The summed E-state index contributed by atoms with van der Waals surface area (Å²) in [7, 11) is 0. The van der Waals surface area contributed by atoms with Gasteiger partial charge >= 0.3 is 5.82 Å². The third-order valence-electron chi connectivity index (χ3n) is 2.30. The van der Waals surface area contributed by atoms with E-state index in [-0.39, 0.29) is 5.82 Å². The molecule has 0 radical (unpaired) electrons. The van der Waals surface area contributed by atoms with Gasteiger partial charge in [0.25, 0.3) is 0 Å². The van der Waals surface area contributed by atoms with Crippen molar-refractivity contribution >= 4 is 11.6 Å². The molecule has 0 aliphatic carbocycles. The molecule has 0 saturated heterocycles. The summed E-state index contributed by atoms with van der Waals surface area (Å²) in [5.41, 5.74) is 0.798. The first kappa shape index (κ1) is 12.0.